The number of hydrogen-bond acceptors (Lipinski definition) is 12. The Bertz CT molecular complexity index is 3250. The molecule has 2 saturated heterocycles. The lowest BCUT2D eigenvalue weighted by atomic mass is 9.34. The van der Waals surface area contributed by atoms with Gasteiger partial charge in [-0.1, -0.05) is 87.1 Å². The van der Waals surface area contributed by atoms with Gasteiger partial charge in [-0.05, 0) is 138 Å². The van der Waals surface area contributed by atoms with Crippen LogP contribution in [0.3, 0.4) is 0 Å². The third-order valence-corrected chi connectivity index (χ3v) is 16.9. The van der Waals surface area contributed by atoms with Crippen molar-refractivity contribution in [2.24, 2.45) is 63.6 Å². The van der Waals surface area contributed by atoms with E-state index in [0.29, 0.717) is 24.8 Å². The number of carbonyl (C=O) groups is 4. The zero-order valence-corrected chi connectivity index (χ0v) is 39.3. The first kappa shape index (κ1) is 46.8. The molecule has 3 saturated carbocycles. The maximum Gasteiger partial charge on any atom is 0.619 e. The number of allylic oxidation sites excluding steroid dienone is 2. The molecule has 0 aromatic heterocycles. The van der Waals surface area contributed by atoms with Gasteiger partial charge in [0.2, 0.25) is 0 Å². The molecule has 2 aliphatic heterocycles. The summed E-state index contributed by atoms with van der Waals surface area (Å²) in [4.78, 5) is 67.1. The van der Waals surface area contributed by atoms with Crippen LogP contribution in [0.15, 0.2) is 54.1 Å². The summed E-state index contributed by atoms with van der Waals surface area (Å²) in [5.41, 5.74) is 3.67. The zero-order valence-electron chi connectivity index (χ0n) is 39.3. The van der Waals surface area contributed by atoms with Gasteiger partial charge >= 0.3 is 30.0 Å². The Hall–Kier alpha value is -7.94. The monoisotopic (exact) mass is 946 g/mol. The fourth-order valence-electron chi connectivity index (χ4n) is 14.7. The van der Waals surface area contributed by atoms with Crippen molar-refractivity contribution < 1.29 is 58.4 Å². The lowest BCUT2D eigenvalue weighted by Crippen LogP contribution is -2.65. The second-order valence-electron chi connectivity index (χ2n) is 20.3. The van der Waals surface area contributed by atoms with E-state index in [9.17, 15) is 4.79 Å². The van der Waals surface area contributed by atoms with E-state index in [2.05, 4.69) is 126 Å². The molecule has 2 aromatic rings. The van der Waals surface area contributed by atoms with E-state index in [-0.39, 0.29) is 29.6 Å². The predicted molar refractivity (Wildman–Crippen MR) is 251 cm³/mol. The van der Waals surface area contributed by atoms with Gasteiger partial charge in [-0.25, -0.2) is 0 Å². The molecule has 354 valence electrons. The third-order valence-electron chi connectivity index (χ3n) is 16.9. The Kier molecular flexibility index (Phi) is 11.9. The fraction of sp³-hybridized carbons (Fsp3) is 0.424. The number of rotatable bonds is 1. The Morgan fingerprint density at radius 3 is 1.97 bits per heavy atom. The highest BCUT2D eigenvalue weighted by Gasteiger charge is 2.73. The lowest BCUT2D eigenvalue weighted by Gasteiger charge is -2.68. The molecular formula is C59H46O12. The van der Waals surface area contributed by atoms with Crippen LogP contribution in [0.2, 0.25) is 0 Å². The second kappa shape index (κ2) is 18.1. The van der Waals surface area contributed by atoms with Gasteiger partial charge in [-0.15, -0.1) is 0 Å². The molecule has 10 aliphatic rings. The summed E-state index contributed by atoms with van der Waals surface area (Å²) in [6, 6.07) is 13.4. The normalized spacial score (nSPS) is 34.5. The number of ether oxygens (including phenoxy) is 4. The van der Waals surface area contributed by atoms with Crippen LogP contribution in [-0.4, -0.2) is 40.6 Å². The minimum Gasteiger partial charge on any atom is -0.352 e. The van der Waals surface area contributed by atoms with Gasteiger partial charge in [-0.3, -0.25) is 29.0 Å². The van der Waals surface area contributed by atoms with Crippen LogP contribution >= 0.6 is 0 Å². The summed E-state index contributed by atoms with van der Waals surface area (Å²) in [5, 5.41) is 16.7. The minimum atomic E-state index is -3.08. The van der Waals surface area contributed by atoms with Crippen molar-refractivity contribution in [3.63, 3.8) is 0 Å². The van der Waals surface area contributed by atoms with Crippen LogP contribution in [0.5, 0.6) is 0 Å². The Morgan fingerprint density at radius 1 is 0.662 bits per heavy atom. The van der Waals surface area contributed by atoms with Gasteiger partial charge < -0.3 is 18.9 Å². The molecule has 12 nitrogen and oxygen atoms in total. The van der Waals surface area contributed by atoms with E-state index in [1.165, 1.54) is 0 Å². The first-order valence-corrected chi connectivity index (χ1v) is 23.8. The average Bonchev–Trinajstić information content (AvgIpc) is 3.45. The fourth-order valence-corrected chi connectivity index (χ4v) is 14.7. The van der Waals surface area contributed by atoms with Gasteiger partial charge in [0.25, 0.3) is 0 Å². The molecule has 0 radical (unpaired) electrons. The Labute approximate surface area is 412 Å². The maximum atomic E-state index is 15.2. The first-order valence-electron chi connectivity index (χ1n) is 23.8. The summed E-state index contributed by atoms with van der Waals surface area (Å²) in [5.74, 6) is 29.4. The highest BCUT2D eigenvalue weighted by Crippen LogP contribution is 2.74. The SMILES string of the molecule is CC(C)C1=CC23CCC4C(C)(C#CC#CC#CC#COO)CCCC4(C)C2CC1C1C(=O)O[C@]2(OC(=O)CC4C5c6ccccc6C(c6cccc(C#CC#CC#CC#COO)c65)C4C(=O)O2)OC(=O)C13. The van der Waals surface area contributed by atoms with Crippen molar-refractivity contribution in [2.75, 3.05) is 0 Å². The van der Waals surface area contributed by atoms with Crippen LogP contribution in [-0.2, 0) is 47.9 Å². The molecular weight excluding hydrogens is 901 g/mol. The van der Waals surface area contributed by atoms with Crippen LogP contribution < -0.4 is 0 Å². The van der Waals surface area contributed by atoms with Crippen molar-refractivity contribution in [1.82, 2.24) is 0 Å². The number of hydrogen-bond donors (Lipinski definition) is 2. The van der Waals surface area contributed by atoms with Crippen LogP contribution in [0.1, 0.15) is 112 Å². The standard InChI is InChI=1S/C59H46O12/c1-36(2)43-35-58-30-26-44-56(3,27-16-10-6-8-12-18-32-67-65)28-20-29-57(44,4)45(58)33-41(43)51-52(58)55(63)71-59(70-54(51)62)68-46(60)34-42-49-39-24-15-14-23-38(39)48(50(42)53(61)69-59)40-25-19-22-37(47(40)49)21-13-9-5-7-11-17-31-66-64/h14-15,19,22-25,35-36,41-42,44-45,48-52,64-65H,20,26,28-30,33-34H2,1-4H3/t41?,42?,44?,45?,48?,49?,50?,51?,52?,56?,57?,58?,59-/m1/s1. The highest BCUT2D eigenvalue weighted by atomic mass is 17.1. The molecule has 12 heteroatoms. The predicted octanol–water partition coefficient (Wildman–Crippen LogP) is 7.04. The van der Waals surface area contributed by atoms with E-state index < -0.39 is 82.3 Å². The Balaban J connectivity index is 0.979. The van der Waals surface area contributed by atoms with Gasteiger partial charge in [0.15, 0.2) is 12.2 Å². The van der Waals surface area contributed by atoms with Gasteiger partial charge in [0.1, 0.15) is 0 Å². The van der Waals surface area contributed by atoms with E-state index in [1.807, 2.05) is 54.7 Å². The molecule has 12 unspecified atom stereocenters. The largest absolute Gasteiger partial charge is 0.619 e. The maximum absolute atomic E-state index is 15.2. The molecule has 5 fully saturated rings. The molecule has 13 atom stereocenters. The molecule has 2 aromatic carbocycles. The van der Waals surface area contributed by atoms with Crippen LogP contribution in [0.4, 0.5) is 0 Å². The Morgan fingerprint density at radius 2 is 1.28 bits per heavy atom. The summed E-state index contributed by atoms with van der Waals surface area (Å²) in [6.45, 7) is 8.67. The van der Waals surface area contributed by atoms with E-state index in [1.54, 1.807) is 0 Å². The first-order chi connectivity index (χ1) is 34.3. The van der Waals surface area contributed by atoms with Gasteiger partial charge in [0.05, 0.1) is 24.2 Å². The zero-order chi connectivity index (χ0) is 49.7. The van der Waals surface area contributed by atoms with Crippen LogP contribution in [0.25, 0.3) is 0 Å². The van der Waals surface area contributed by atoms with Crippen molar-refractivity contribution in [1.29, 1.82) is 0 Å². The smallest absolute Gasteiger partial charge is 0.352 e. The van der Waals surface area contributed by atoms with E-state index in [4.69, 9.17) is 29.5 Å². The average molecular weight is 947 g/mol. The van der Waals surface area contributed by atoms with Gasteiger partial charge in [0, 0.05) is 63.8 Å². The molecule has 2 spiro atoms. The van der Waals surface area contributed by atoms with Crippen LogP contribution in [0, 0.1) is 159 Å². The quantitative estimate of drug-likeness (QED) is 0.0988. The van der Waals surface area contributed by atoms with Crippen molar-refractivity contribution in [3.05, 3.63) is 81.9 Å². The van der Waals surface area contributed by atoms with Crippen molar-refractivity contribution >= 4 is 23.9 Å². The second-order valence-corrected chi connectivity index (χ2v) is 20.3. The molecule has 8 aliphatic carbocycles. The number of carbonyl (C=O) groups excluding carboxylic acids is 4. The van der Waals surface area contributed by atoms with Crippen molar-refractivity contribution in [2.45, 2.75) is 90.6 Å². The summed E-state index contributed by atoms with van der Waals surface area (Å²) in [6.07, 6.45) is 7.34. The molecule has 0 amide bonds. The summed E-state index contributed by atoms with van der Waals surface area (Å²) in [7, 11) is 0. The van der Waals surface area contributed by atoms with Gasteiger partial charge in [-0.2, -0.15) is 10.5 Å². The number of benzene rings is 2. The molecule has 2 N–H and O–H groups in total. The summed E-state index contributed by atoms with van der Waals surface area (Å²) < 4.78 is 24.2. The summed E-state index contributed by atoms with van der Waals surface area (Å²) >= 11 is 0. The third kappa shape index (κ3) is 7.65. The highest BCUT2D eigenvalue weighted by molar-refractivity contribution is 5.88. The number of esters is 4. The molecule has 12 rings (SSSR count). The topological polar surface area (TPSA) is 164 Å². The van der Waals surface area contributed by atoms with Crippen molar-refractivity contribution in [3.8, 4) is 95.1 Å². The molecule has 4 bridgehead atoms. The lowest BCUT2D eigenvalue weighted by molar-refractivity contribution is -0.433. The minimum absolute atomic E-state index is 0.0471. The van der Waals surface area contributed by atoms with E-state index >= 15 is 14.4 Å². The molecule has 2 heterocycles. The molecule has 71 heavy (non-hydrogen) atoms. The number of fused-ring (bicyclic) bond motifs is 1. The van der Waals surface area contributed by atoms with E-state index in [0.717, 1.165) is 47.1 Å².